The minimum atomic E-state index is -1.25. The van der Waals surface area contributed by atoms with Gasteiger partial charge in [0.05, 0.1) is 23.2 Å². The molecule has 4 heterocycles. The van der Waals surface area contributed by atoms with Gasteiger partial charge in [0, 0.05) is 5.92 Å². The number of rotatable bonds is 0. The van der Waals surface area contributed by atoms with Gasteiger partial charge in [-0.3, -0.25) is 9.59 Å². The molecular weight excluding hydrogens is 352 g/mol. The molecule has 2 spiro atoms. The van der Waals surface area contributed by atoms with Gasteiger partial charge in [0.15, 0.2) is 5.60 Å². The molecule has 7 heteroatoms. The highest BCUT2D eigenvalue weighted by Crippen LogP contribution is 2.84. The van der Waals surface area contributed by atoms with E-state index in [4.69, 9.17) is 18.9 Å². The van der Waals surface area contributed by atoms with Crippen LogP contribution in [-0.4, -0.2) is 42.0 Å². The SMILES string of the molecule is C[C@@H]1C(=O)OC2CC34C5C[C@@H](C(C)(C)C)C36CC(=O)O[C@H]6O[C@@]4(C(=O)O5)[C@H]21. The van der Waals surface area contributed by atoms with Gasteiger partial charge >= 0.3 is 17.9 Å². The Morgan fingerprint density at radius 3 is 2.52 bits per heavy atom. The quantitative estimate of drug-likeness (QED) is 0.468. The lowest BCUT2D eigenvalue weighted by atomic mass is 9.53. The molecule has 0 aromatic carbocycles. The summed E-state index contributed by atoms with van der Waals surface area (Å²) in [6, 6.07) is 0. The summed E-state index contributed by atoms with van der Waals surface area (Å²) in [6.07, 6.45) is -0.0219. The van der Waals surface area contributed by atoms with Gasteiger partial charge in [-0.15, -0.1) is 0 Å². The van der Waals surface area contributed by atoms with Crippen LogP contribution in [0.25, 0.3) is 0 Å². The summed E-state index contributed by atoms with van der Waals surface area (Å²) in [5.74, 6) is -1.70. The molecule has 27 heavy (non-hydrogen) atoms. The van der Waals surface area contributed by atoms with Crippen LogP contribution in [0.5, 0.6) is 0 Å². The standard InChI is InChI=1S/C20H24O7/c1-8-13-9(24-14(8)22)6-19-11-5-10(17(2,3)4)18(19)7-12(21)26-16(18)27-20(13,19)15(23)25-11/h8-11,13,16H,5-7H2,1-4H3/t8-,9?,10-,11?,13-,16-,18?,19?,20+/m0/s1. The van der Waals surface area contributed by atoms with Crippen LogP contribution in [0, 0.1) is 34.0 Å². The number of fused-ring (bicyclic) bond motifs is 1. The van der Waals surface area contributed by atoms with Crippen LogP contribution in [0.3, 0.4) is 0 Å². The molecule has 4 saturated heterocycles. The number of esters is 3. The minimum Gasteiger partial charge on any atom is -0.462 e. The molecule has 6 rings (SSSR count). The van der Waals surface area contributed by atoms with E-state index < -0.39 is 34.6 Å². The number of hydrogen-bond donors (Lipinski definition) is 0. The Hall–Kier alpha value is -1.63. The average Bonchev–Trinajstić information content (AvgIpc) is 3.26. The molecule has 6 fully saturated rings. The first-order chi connectivity index (χ1) is 12.6. The van der Waals surface area contributed by atoms with Crippen molar-refractivity contribution in [1.82, 2.24) is 0 Å². The van der Waals surface area contributed by atoms with E-state index >= 15 is 0 Å². The second-order valence-electron chi connectivity index (χ2n) is 10.4. The molecule has 2 aliphatic carbocycles. The van der Waals surface area contributed by atoms with Crippen LogP contribution in [0.2, 0.25) is 0 Å². The predicted octanol–water partition coefficient (Wildman–Crippen LogP) is 1.57. The molecule has 0 aromatic rings. The van der Waals surface area contributed by atoms with Gasteiger partial charge in [-0.25, -0.2) is 4.79 Å². The first kappa shape index (κ1) is 16.3. The molecule has 6 aliphatic rings. The average molecular weight is 376 g/mol. The van der Waals surface area contributed by atoms with Crippen molar-refractivity contribution >= 4 is 17.9 Å². The van der Waals surface area contributed by atoms with E-state index in [1.165, 1.54) is 0 Å². The maximum atomic E-state index is 13.2. The van der Waals surface area contributed by atoms with Crippen molar-refractivity contribution in [1.29, 1.82) is 0 Å². The molecule has 2 saturated carbocycles. The maximum absolute atomic E-state index is 13.2. The van der Waals surface area contributed by atoms with Crippen LogP contribution in [0.4, 0.5) is 0 Å². The van der Waals surface area contributed by atoms with Gasteiger partial charge in [0.1, 0.15) is 12.2 Å². The summed E-state index contributed by atoms with van der Waals surface area (Å²) >= 11 is 0. The fourth-order valence-corrected chi connectivity index (χ4v) is 8.07. The fraction of sp³-hybridized carbons (Fsp3) is 0.850. The van der Waals surface area contributed by atoms with E-state index in [1.54, 1.807) is 6.92 Å². The van der Waals surface area contributed by atoms with Gasteiger partial charge in [-0.1, -0.05) is 27.7 Å². The molecule has 4 aliphatic heterocycles. The molecule has 0 N–H and O–H groups in total. The van der Waals surface area contributed by atoms with Crippen molar-refractivity contribution in [2.75, 3.05) is 0 Å². The summed E-state index contributed by atoms with van der Waals surface area (Å²) in [6.45, 7) is 8.27. The molecule has 0 radical (unpaired) electrons. The van der Waals surface area contributed by atoms with Gasteiger partial charge in [-0.05, 0) is 24.2 Å². The lowest BCUT2D eigenvalue weighted by Gasteiger charge is -2.44. The molecule has 0 aromatic heterocycles. The van der Waals surface area contributed by atoms with E-state index in [-0.39, 0.29) is 47.8 Å². The molecule has 9 atom stereocenters. The zero-order valence-corrected chi connectivity index (χ0v) is 15.9. The van der Waals surface area contributed by atoms with E-state index in [0.717, 1.165) is 0 Å². The van der Waals surface area contributed by atoms with E-state index in [9.17, 15) is 14.4 Å². The fourth-order valence-electron chi connectivity index (χ4n) is 8.07. The lowest BCUT2D eigenvalue weighted by molar-refractivity contribution is -0.206. The molecule has 146 valence electrons. The number of hydrogen-bond acceptors (Lipinski definition) is 7. The normalized spacial score (nSPS) is 57.1. The van der Waals surface area contributed by atoms with Crippen molar-refractivity contribution in [3.8, 4) is 0 Å². The van der Waals surface area contributed by atoms with Crippen LogP contribution >= 0.6 is 0 Å². The van der Waals surface area contributed by atoms with E-state index in [2.05, 4.69) is 20.8 Å². The molecule has 0 amide bonds. The number of ether oxygens (including phenoxy) is 4. The van der Waals surface area contributed by atoms with Gasteiger partial charge in [-0.2, -0.15) is 0 Å². The highest BCUT2D eigenvalue weighted by Gasteiger charge is 2.95. The van der Waals surface area contributed by atoms with Gasteiger partial charge in [0.2, 0.25) is 6.29 Å². The third-order valence-electron chi connectivity index (χ3n) is 8.67. The van der Waals surface area contributed by atoms with Gasteiger partial charge in [0.25, 0.3) is 0 Å². The first-order valence-corrected chi connectivity index (χ1v) is 9.88. The molecule has 0 bridgehead atoms. The highest BCUT2D eigenvalue weighted by molar-refractivity contribution is 5.90. The summed E-state index contributed by atoms with van der Waals surface area (Å²) in [5.41, 5.74) is -2.65. The number of carbonyl (C=O) groups excluding carboxylic acids is 3. The molecule has 7 nitrogen and oxygen atoms in total. The Labute approximate surface area is 157 Å². The first-order valence-electron chi connectivity index (χ1n) is 9.88. The lowest BCUT2D eigenvalue weighted by Crippen LogP contribution is -2.55. The van der Waals surface area contributed by atoms with Crippen LogP contribution in [0.1, 0.15) is 47.0 Å². The predicted molar refractivity (Wildman–Crippen MR) is 87.8 cm³/mol. The van der Waals surface area contributed by atoms with Crippen molar-refractivity contribution in [2.45, 2.75) is 71.1 Å². The topological polar surface area (TPSA) is 88.1 Å². The highest BCUT2D eigenvalue weighted by atomic mass is 16.7. The summed E-state index contributed by atoms with van der Waals surface area (Å²) in [7, 11) is 0. The minimum absolute atomic E-state index is 0.103. The second kappa shape index (κ2) is 4.19. The number of carbonyl (C=O) groups is 3. The Morgan fingerprint density at radius 2 is 1.81 bits per heavy atom. The Bertz CT molecular complexity index is 814. The van der Waals surface area contributed by atoms with Crippen LogP contribution < -0.4 is 0 Å². The van der Waals surface area contributed by atoms with Gasteiger partial charge < -0.3 is 18.9 Å². The van der Waals surface area contributed by atoms with E-state index in [1.807, 2.05) is 0 Å². The summed E-state index contributed by atoms with van der Waals surface area (Å²) < 4.78 is 23.7. The van der Waals surface area contributed by atoms with Crippen LogP contribution in [-0.2, 0) is 33.3 Å². The molecule has 4 unspecified atom stereocenters. The maximum Gasteiger partial charge on any atom is 0.340 e. The van der Waals surface area contributed by atoms with E-state index in [0.29, 0.717) is 12.8 Å². The third-order valence-corrected chi connectivity index (χ3v) is 8.67. The third kappa shape index (κ3) is 1.34. The van der Waals surface area contributed by atoms with Crippen molar-refractivity contribution in [3.63, 3.8) is 0 Å². The molecular formula is C20H24O7. The summed E-state index contributed by atoms with van der Waals surface area (Å²) in [5, 5.41) is 0. The van der Waals surface area contributed by atoms with Crippen molar-refractivity contribution in [2.24, 2.45) is 34.0 Å². The monoisotopic (exact) mass is 376 g/mol. The van der Waals surface area contributed by atoms with Crippen LogP contribution in [0.15, 0.2) is 0 Å². The zero-order chi connectivity index (χ0) is 19.1. The smallest absolute Gasteiger partial charge is 0.340 e. The van der Waals surface area contributed by atoms with Crippen molar-refractivity contribution in [3.05, 3.63) is 0 Å². The Kier molecular flexibility index (Phi) is 2.53. The van der Waals surface area contributed by atoms with Crippen molar-refractivity contribution < 1.29 is 33.3 Å². The zero-order valence-electron chi connectivity index (χ0n) is 15.9. The second-order valence-corrected chi connectivity index (χ2v) is 10.4. The Balaban J connectivity index is 1.63. The summed E-state index contributed by atoms with van der Waals surface area (Å²) in [4.78, 5) is 37.9. The largest absolute Gasteiger partial charge is 0.462 e. The Morgan fingerprint density at radius 1 is 1.07 bits per heavy atom.